The molecule has 2 aromatic rings. The van der Waals surface area contributed by atoms with E-state index < -0.39 is 40.9 Å². The number of Topliss-reactive ketones (excluding diaryl/α,β-unsaturated/α-hetero) is 1. The van der Waals surface area contributed by atoms with Crippen LogP contribution < -0.4 is 5.43 Å². The molecular weight excluding hydrogens is 459 g/mol. The summed E-state index contributed by atoms with van der Waals surface area (Å²) in [4.78, 5) is 51.8. The fourth-order valence-electron chi connectivity index (χ4n) is 2.98. The summed E-state index contributed by atoms with van der Waals surface area (Å²) in [6.07, 6.45) is -2.80. The molecule has 10 heteroatoms. The van der Waals surface area contributed by atoms with Crippen LogP contribution in [-0.4, -0.2) is 52.5 Å². The third kappa shape index (κ3) is 6.91. The van der Waals surface area contributed by atoms with Gasteiger partial charge in [-0.3, -0.25) is 4.79 Å². The van der Waals surface area contributed by atoms with Gasteiger partial charge in [0.05, 0.1) is 6.61 Å². The number of nitrogens with zero attached hydrogens (tertiary/aromatic N) is 1. The predicted octanol–water partition coefficient (Wildman–Crippen LogP) is 4.93. The Morgan fingerprint density at radius 1 is 0.886 bits per heavy atom. The Hall–Kier alpha value is -3.69. The fourth-order valence-corrected chi connectivity index (χ4v) is 2.98. The molecule has 35 heavy (non-hydrogen) atoms. The lowest BCUT2D eigenvalue weighted by atomic mass is 9.98. The number of rotatable bonds is 5. The lowest BCUT2D eigenvalue weighted by molar-refractivity contribution is -0.167. The summed E-state index contributed by atoms with van der Waals surface area (Å²) in [5.74, 6) is -6.96. The Labute approximate surface area is 203 Å². The van der Waals surface area contributed by atoms with Crippen molar-refractivity contribution < 1.29 is 37.8 Å². The van der Waals surface area contributed by atoms with Crippen LogP contribution in [0.4, 0.5) is 14.0 Å². The maximum atomic E-state index is 16.7. The van der Waals surface area contributed by atoms with E-state index >= 15 is 4.39 Å². The molecule has 0 aliphatic rings. The van der Waals surface area contributed by atoms with Gasteiger partial charge in [0.25, 0.3) is 0 Å². The van der Waals surface area contributed by atoms with Gasteiger partial charge in [0, 0.05) is 5.56 Å². The van der Waals surface area contributed by atoms with E-state index in [0.717, 1.165) is 5.39 Å². The number of hydrogen-bond donors (Lipinski definition) is 1. The van der Waals surface area contributed by atoms with E-state index in [1.165, 1.54) is 39.8 Å². The van der Waals surface area contributed by atoms with E-state index in [4.69, 9.17) is 14.2 Å². The lowest BCUT2D eigenvalue weighted by Crippen LogP contribution is -2.66. The normalized spacial score (nSPS) is 13.4. The minimum Gasteiger partial charge on any atom is -0.462 e. The number of ketones is 1. The van der Waals surface area contributed by atoms with Crippen molar-refractivity contribution in [1.29, 1.82) is 0 Å². The molecule has 2 aromatic carbocycles. The van der Waals surface area contributed by atoms with E-state index in [9.17, 15) is 19.2 Å². The summed E-state index contributed by atoms with van der Waals surface area (Å²) < 4.78 is 31.7. The number of benzene rings is 2. The molecule has 0 saturated carbocycles. The molecule has 2 amide bonds. The van der Waals surface area contributed by atoms with Crippen LogP contribution in [0.5, 0.6) is 0 Å². The minimum atomic E-state index is -3.81. The molecule has 0 aromatic heterocycles. The van der Waals surface area contributed by atoms with Gasteiger partial charge >= 0.3 is 23.9 Å². The Balaban J connectivity index is 2.64. The second kappa shape index (κ2) is 10.3. The van der Waals surface area contributed by atoms with Gasteiger partial charge < -0.3 is 14.2 Å². The summed E-state index contributed by atoms with van der Waals surface area (Å²) in [6, 6.07) is 11.2. The number of halogens is 1. The standard InChI is InChI=1S/C25H31FN2O7/c1-8-33-20(30)25(26,19(29)18-14-13-16-11-9-10-12-17(16)15-18)28(22(32)35-24(5,6)7)27-21(31)34-23(2,3)4/h9-15H,8H2,1-7H3,(H,27,31)/t25-/m0/s1. The highest BCUT2D eigenvalue weighted by molar-refractivity contribution is 6.17. The Morgan fingerprint density at radius 2 is 1.46 bits per heavy atom. The highest BCUT2D eigenvalue weighted by atomic mass is 19.1. The van der Waals surface area contributed by atoms with Gasteiger partial charge in [0.2, 0.25) is 5.78 Å². The van der Waals surface area contributed by atoms with E-state index in [-0.39, 0.29) is 17.2 Å². The van der Waals surface area contributed by atoms with Crippen LogP contribution in [0.2, 0.25) is 0 Å². The molecule has 2 rings (SSSR count). The van der Waals surface area contributed by atoms with Gasteiger partial charge in [-0.2, -0.15) is 9.40 Å². The first-order chi connectivity index (χ1) is 16.1. The zero-order valence-corrected chi connectivity index (χ0v) is 20.9. The third-order valence-corrected chi connectivity index (χ3v) is 4.34. The Kier molecular flexibility index (Phi) is 8.10. The number of hydrazine groups is 1. The van der Waals surface area contributed by atoms with Crippen molar-refractivity contribution in [2.24, 2.45) is 0 Å². The first kappa shape index (κ1) is 27.6. The van der Waals surface area contributed by atoms with E-state index in [1.54, 1.807) is 51.1 Å². The molecule has 190 valence electrons. The minimum absolute atomic E-state index is 0.123. The van der Waals surface area contributed by atoms with Crippen LogP contribution in [0.15, 0.2) is 42.5 Å². The highest BCUT2D eigenvalue weighted by Gasteiger charge is 2.58. The monoisotopic (exact) mass is 490 g/mol. The fraction of sp³-hybridized carbons (Fsp3) is 0.440. The van der Waals surface area contributed by atoms with Crippen LogP contribution in [0.25, 0.3) is 10.8 Å². The van der Waals surface area contributed by atoms with Gasteiger partial charge in [0.1, 0.15) is 11.2 Å². The molecule has 0 saturated heterocycles. The largest absolute Gasteiger partial charge is 0.462 e. The van der Waals surface area contributed by atoms with E-state index in [2.05, 4.69) is 0 Å². The maximum absolute atomic E-state index is 16.7. The van der Waals surface area contributed by atoms with Gasteiger partial charge in [-0.05, 0) is 65.3 Å². The number of carbonyl (C=O) groups excluding carboxylic acids is 4. The first-order valence-corrected chi connectivity index (χ1v) is 11.0. The van der Waals surface area contributed by atoms with Gasteiger partial charge in [-0.1, -0.05) is 36.4 Å². The molecule has 0 fully saturated rings. The van der Waals surface area contributed by atoms with Gasteiger partial charge in [0.15, 0.2) is 0 Å². The van der Waals surface area contributed by atoms with Crippen LogP contribution in [0, 0.1) is 0 Å². The second-order valence-corrected chi connectivity index (χ2v) is 9.66. The Bertz CT molecular complexity index is 1120. The molecule has 0 aliphatic heterocycles. The van der Waals surface area contributed by atoms with Gasteiger partial charge in [-0.15, -0.1) is 0 Å². The molecule has 0 unspecified atom stereocenters. The van der Waals surface area contributed by atoms with E-state index in [0.29, 0.717) is 5.39 Å². The zero-order chi connectivity index (χ0) is 26.6. The number of alkyl halides is 1. The van der Waals surface area contributed by atoms with Crippen LogP contribution in [0.1, 0.15) is 58.8 Å². The second-order valence-electron chi connectivity index (χ2n) is 9.66. The van der Waals surface area contributed by atoms with Crippen molar-refractivity contribution in [3.63, 3.8) is 0 Å². The van der Waals surface area contributed by atoms with Crippen molar-refractivity contribution in [3.05, 3.63) is 48.0 Å². The van der Waals surface area contributed by atoms with Crippen molar-refractivity contribution >= 4 is 34.7 Å². The molecule has 9 nitrogen and oxygen atoms in total. The highest BCUT2D eigenvalue weighted by Crippen LogP contribution is 2.28. The average molecular weight is 491 g/mol. The smallest absolute Gasteiger partial charge is 0.433 e. The van der Waals surface area contributed by atoms with Crippen molar-refractivity contribution in [3.8, 4) is 0 Å². The summed E-state index contributed by atoms with van der Waals surface area (Å²) in [5, 5.41) is 1.23. The number of esters is 1. The third-order valence-electron chi connectivity index (χ3n) is 4.34. The molecule has 0 bridgehead atoms. The summed E-state index contributed by atoms with van der Waals surface area (Å²) >= 11 is 0. The van der Waals surface area contributed by atoms with E-state index in [1.807, 2.05) is 5.43 Å². The summed E-state index contributed by atoms with van der Waals surface area (Å²) in [5.41, 5.74) is -0.566. The molecular formula is C25H31FN2O7. The van der Waals surface area contributed by atoms with Crippen LogP contribution in [0.3, 0.4) is 0 Å². The molecule has 0 radical (unpaired) electrons. The van der Waals surface area contributed by atoms with Crippen LogP contribution >= 0.6 is 0 Å². The number of nitrogens with one attached hydrogen (secondary N) is 1. The molecule has 0 spiro atoms. The number of amides is 2. The zero-order valence-electron chi connectivity index (χ0n) is 20.9. The van der Waals surface area contributed by atoms with Crippen molar-refractivity contribution in [2.45, 2.75) is 65.5 Å². The first-order valence-electron chi connectivity index (χ1n) is 11.0. The Morgan fingerprint density at radius 3 is 2.00 bits per heavy atom. The van der Waals surface area contributed by atoms with Gasteiger partial charge in [-0.25, -0.2) is 19.8 Å². The maximum Gasteiger partial charge on any atom is 0.433 e. The van der Waals surface area contributed by atoms with Crippen molar-refractivity contribution in [1.82, 2.24) is 10.4 Å². The average Bonchev–Trinajstić information content (AvgIpc) is 2.73. The van der Waals surface area contributed by atoms with Crippen molar-refractivity contribution in [2.75, 3.05) is 6.61 Å². The number of hydrogen-bond acceptors (Lipinski definition) is 7. The predicted molar refractivity (Wildman–Crippen MR) is 126 cm³/mol. The molecule has 1 N–H and O–H groups in total. The molecule has 0 aliphatic carbocycles. The quantitative estimate of drug-likeness (QED) is 0.158. The summed E-state index contributed by atoms with van der Waals surface area (Å²) in [6.45, 7) is 10.2. The number of fused-ring (bicyclic) bond motifs is 1. The SMILES string of the molecule is CCOC(=O)[C@](F)(C(=O)c1ccc2ccccc2c1)N(NC(=O)OC(C)(C)C)C(=O)OC(C)(C)C. The number of carbonyl (C=O) groups is 4. The van der Waals surface area contributed by atoms with Crippen LogP contribution in [-0.2, 0) is 19.0 Å². The number of ether oxygens (including phenoxy) is 3. The lowest BCUT2D eigenvalue weighted by Gasteiger charge is -2.35. The molecule has 0 heterocycles. The summed E-state index contributed by atoms with van der Waals surface area (Å²) in [7, 11) is 0. The topological polar surface area (TPSA) is 111 Å². The molecule has 1 atom stereocenters.